The van der Waals surface area contributed by atoms with E-state index in [1.54, 1.807) is 6.07 Å². The van der Waals surface area contributed by atoms with Gasteiger partial charge in [0.1, 0.15) is 11.6 Å². The van der Waals surface area contributed by atoms with E-state index in [4.69, 9.17) is 9.72 Å². The highest BCUT2D eigenvalue weighted by molar-refractivity contribution is 8.00. The van der Waals surface area contributed by atoms with Gasteiger partial charge in [0.25, 0.3) is 0 Å². The molecule has 3 aromatic rings. The molecule has 2 fully saturated rings. The third-order valence-electron chi connectivity index (χ3n) is 5.63. The summed E-state index contributed by atoms with van der Waals surface area (Å²) >= 11 is 3.70. The summed E-state index contributed by atoms with van der Waals surface area (Å²) in [5, 5.41) is 5.04. The average Bonchev–Trinajstić information content (AvgIpc) is 3.23. The third kappa shape index (κ3) is 4.53. The van der Waals surface area contributed by atoms with Gasteiger partial charge in [-0.3, -0.25) is 0 Å². The molecule has 0 atom stereocenters. The molecule has 0 unspecified atom stereocenters. The van der Waals surface area contributed by atoms with Crippen LogP contribution in [0.1, 0.15) is 43.0 Å². The predicted molar refractivity (Wildman–Crippen MR) is 121 cm³/mol. The number of aromatic nitrogens is 2. The summed E-state index contributed by atoms with van der Waals surface area (Å²) in [6, 6.07) is 9.43. The normalized spacial score (nSPS) is 17.6. The van der Waals surface area contributed by atoms with Crippen molar-refractivity contribution in [2.75, 3.05) is 18.5 Å². The van der Waals surface area contributed by atoms with Crippen LogP contribution in [0, 0.1) is 5.82 Å². The number of pyridine rings is 1. The number of benzene rings is 1. The molecule has 7 heteroatoms. The van der Waals surface area contributed by atoms with Crippen molar-refractivity contribution in [3.8, 4) is 10.4 Å². The molecule has 156 valence electrons. The second-order valence-electron chi connectivity index (χ2n) is 7.87. The summed E-state index contributed by atoms with van der Waals surface area (Å²) in [6.07, 6.45) is 9.79. The lowest BCUT2D eigenvalue weighted by atomic mass is 9.90. The van der Waals surface area contributed by atoms with Gasteiger partial charge < -0.3 is 10.1 Å². The van der Waals surface area contributed by atoms with Crippen LogP contribution in [0.4, 0.5) is 15.9 Å². The van der Waals surface area contributed by atoms with Crippen LogP contribution in [0.15, 0.2) is 47.6 Å². The van der Waals surface area contributed by atoms with Crippen molar-refractivity contribution in [3.63, 3.8) is 0 Å². The SMILES string of the molecule is Fc1ccc(Nc2ccc(-c3cnc(C4CCCCC4)s3)c(SC3COC3)c2)nc1. The maximum atomic E-state index is 13.1. The number of thioether (sulfide) groups is 1. The molecular weight excluding hydrogens is 417 g/mol. The summed E-state index contributed by atoms with van der Waals surface area (Å²) in [6.45, 7) is 1.58. The van der Waals surface area contributed by atoms with Crippen LogP contribution in [0.25, 0.3) is 10.4 Å². The van der Waals surface area contributed by atoms with E-state index in [1.807, 2.05) is 29.3 Å². The Morgan fingerprint density at radius 2 is 1.90 bits per heavy atom. The van der Waals surface area contributed by atoms with E-state index in [-0.39, 0.29) is 5.82 Å². The molecule has 4 nitrogen and oxygen atoms in total. The highest BCUT2D eigenvalue weighted by Gasteiger charge is 2.23. The second kappa shape index (κ2) is 9.04. The fraction of sp³-hybridized carbons (Fsp3) is 0.391. The van der Waals surface area contributed by atoms with Crippen LogP contribution >= 0.6 is 23.1 Å². The fourth-order valence-corrected chi connectivity index (χ4v) is 6.29. The number of ether oxygens (including phenoxy) is 1. The Morgan fingerprint density at radius 1 is 1.03 bits per heavy atom. The van der Waals surface area contributed by atoms with E-state index < -0.39 is 0 Å². The molecule has 1 aliphatic carbocycles. The lowest BCUT2D eigenvalue weighted by Crippen LogP contribution is -2.30. The molecule has 0 bridgehead atoms. The number of hydrogen-bond acceptors (Lipinski definition) is 6. The van der Waals surface area contributed by atoms with Crippen LogP contribution in [-0.2, 0) is 4.74 Å². The largest absolute Gasteiger partial charge is 0.379 e. The minimum Gasteiger partial charge on any atom is -0.379 e. The standard InChI is InChI=1S/C23H24FN3OS2/c24-16-6-9-22(25-11-16)27-17-7-8-19(20(10-17)29-18-13-28-14-18)21-12-26-23(30-21)15-4-2-1-3-5-15/h6-12,15,18H,1-5,13-14H2,(H,25,27). The second-order valence-corrected chi connectivity index (χ2v) is 10.3. The molecule has 0 radical (unpaired) electrons. The number of nitrogens with one attached hydrogen (secondary N) is 1. The van der Waals surface area contributed by atoms with Crippen molar-refractivity contribution in [3.05, 3.63) is 53.6 Å². The lowest BCUT2D eigenvalue weighted by Gasteiger charge is -2.26. The smallest absolute Gasteiger partial charge is 0.141 e. The van der Waals surface area contributed by atoms with Crippen LogP contribution in [0.2, 0.25) is 0 Å². The zero-order valence-corrected chi connectivity index (χ0v) is 18.3. The summed E-state index contributed by atoms with van der Waals surface area (Å²) in [5.74, 6) is 0.916. The Bertz CT molecular complexity index is 998. The zero-order valence-electron chi connectivity index (χ0n) is 16.6. The Balaban J connectivity index is 1.41. The number of halogens is 1. The first-order valence-corrected chi connectivity index (χ1v) is 12.2. The first-order chi connectivity index (χ1) is 14.7. The van der Waals surface area contributed by atoms with Crippen molar-refractivity contribution in [2.45, 2.75) is 48.2 Å². The van der Waals surface area contributed by atoms with E-state index in [2.05, 4.69) is 28.5 Å². The van der Waals surface area contributed by atoms with Crippen molar-refractivity contribution in [2.24, 2.45) is 0 Å². The summed E-state index contributed by atoms with van der Waals surface area (Å²) in [7, 11) is 0. The van der Waals surface area contributed by atoms with Gasteiger partial charge in [-0.05, 0) is 37.1 Å². The molecule has 30 heavy (non-hydrogen) atoms. The summed E-state index contributed by atoms with van der Waals surface area (Å²) in [4.78, 5) is 11.3. The number of rotatable bonds is 6. The topological polar surface area (TPSA) is 47.0 Å². The van der Waals surface area contributed by atoms with E-state index in [0.29, 0.717) is 17.0 Å². The first kappa shape index (κ1) is 20.0. The molecule has 1 saturated heterocycles. The van der Waals surface area contributed by atoms with E-state index in [0.717, 1.165) is 18.9 Å². The van der Waals surface area contributed by atoms with Gasteiger partial charge in [-0.2, -0.15) is 0 Å². The monoisotopic (exact) mass is 441 g/mol. The number of nitrogens with zero attached hydrogens (tertiary/aromatic N) is 2. The van der Waals surface area contributed by atoms with Crippen molar-refractivity contribution in [1.82, 2.24) is 9.97 Å². The molecule has 5 rings (SSSR count). The Labute approximate surface area is 184 Å². The molecule has 1 N–H and O–H groups in total. The molecule has 3 heterocycles. The number of thiazole rings is 1. The van der Waals surface area contributed by atoms with Crippen LogP contribution in [0.5, 0.6) is 0 Å². The first-order valence-electron chi connectivity index (χ1n) is 10.5. The minimum atomic E-state index is -0.337. The fourth-order valence-electron chi connectivity index (χ4n) is 3.91. The molecule has 1 saturated carbocycles. The molecule has 1 aromatic carbocycles. The molecule has 0 amide bonds. The molecular formula is C23H24FN3OS2. The Morgan fingerprint density at radius 3 is 2.63 bits per heavy atom. The van der Waals surface area contributed by atoms with Gasteiger partial charge in [0.15, 0.2) is 0 Å². The number of hydrogen-bond donors (Lipinski definition) is 1. The molecule has 2 aromatic heterocycles. The molecule has 0 spiro atoms. The highest BCUT2D eigenvalue weighted by Crippen LogP contribution is 2.42. The zero-order chi connectivity index (χ0) is 20.3. The van der Waals surface area contributed by atoms with Crippen molar-refractivity contribution >= 4 is 34.6 Å². The van der Waals surface area contributed by atoms with Gasteiger partial charge in [-0.25, -0.2) is 14.4 Å². The maximum absolute atomic E-state index is 13.1. The van der Waals surface area contributed by atoms with E-state index >= 15 is 0 Å². The van der Waals surface area contributed by atoms with Crippen LogP contribution < -0.4 is 5.32 Å². The Kier molecular flexibility index (Phi) is 6.02. The van der Waals surface area contributed by atoms with Gasteiger partial charge in [-0.1, -0.05) is 25.3 Å². The maximum Gasteiger partial charge on any atom is 0.141 e. The van der Waals surface area contributed by atoms with E-state index in [1.165, 1.54) is 64.7 Å². The van der Waals surface area contributed by atoms with Gasteiger partial charge in [0.2, 0.25) is 0 Å². The third-order valence-corrected chi connectivity index (χ3v) is 8.02. The van der Waals surface area contributed by atoms with Crippen molar-refractivity contribution in [1.29, 1.82) is 0 Å². The quantitative estimate of drug-likeness (QED) is 0.465. The van der Waals surface area contributed by atoms with Gasteiger partial charge >= 0.3 is 0 Å². The van der Waals surface area contributed by atoms with Crippen LogP contribution in [-0.4, -0.2) is 28.4 Å². The average molecular weight is 442 g/mol. The number of anilines is 2. The molecule has 2 aliphatic rings. The van der Waals surface area contributed by atoms with Gasteiger partial charge in [0.05, 0.1) is 34.5 Å². The molecule has 1 aliphatic heterocycles. The van der Waals surface area contributed by atoms with E-state index in [9.17, 15) is 4.39 Å². The van der Waals surface area contributed by atoms with Crippen LogP contribution in [0.3, 0.4) is 0 Å². The predicted octanol–water partition coefficient (Wildman–Crippen LogP) is 6.63. The summed E-state index contributed by atoms with van der Waals surface area (Å²) < 4.78 is 18.5. The summed E-state index contributed by atoms with van der Waals surface area (Å²) in [5.41, 5.74) is 2.17. The van der Waals surface area contributed by atoms with Gasteiger partial charge in [-0.15, -0.1) is 23.1 Å². The van der Waals surface area contributed by atoms with Crippen molar-refractivity contribution < 1.29 is 9.13 Å². The van der Waals surface area contributed by atoms with Gasteiger partial charge in [0, 0.05) is 28.3 Å². The highest BCUT2D eigenvalue weighted by atomic mass is 32.2. The lowest BCUT2D eigenvalue weighted by molar-refractivity contribution is 0.0455. The Hall–Kier alpha value is -1.96. The minimum absolute atomic E-state index is 0.337.